The zero-order valence-electron chi connectivity index (χ0n) is 12.4. The van der Waals surface area contributed by atoms with E-state index in [2.05, 4.69) is 21.2 Å². The Balaban J connectivity index is 2.45. The molecule has 0 aromatic heterocycles. The predicted molar refractivity (Wildman–Crippen MR) is 90.2 cm³/mol. The highest BCUT2D eigenvalue weighted by molar-refractivity contribution is 9.10. The Hall–Kier alpha value is -1.81. The zero-order chi connectivity index (χ0) is 15.6. The van der Waals surface area contributed by atoms with Crippen molar-refractivity contribution in [3.05, 3.63) is 63.6 Å². The molecule has 2 aromatic rings. The number of primary amides is 1. The van der Waals surface area contributed by atoms with Crippen molar-refractivity contribution in [2.24, 2.45) is 5.73 Å². The Morgan fingerprint density at radius 3 is 2.43 bits per heavy atom. The van der Waals surface area contributed by atoms with Gasteiger partial charge in [-0.1, -0.05) is 40.2 Å². The molecule has 0 heterocycles. The monoisotopic (exact) mass is 346 g/mol. The van der Waals surface area contributed by atoms with Crippen LogP contribution in [0.25, 0.3) is 0 Å². The minimum atomic E-state index is -0.959. The molecule has 1 atom stereocenters. The number of halogens is 1. The maximum Gasteiger partial charge on any atom is 0.247 e. The van der Waals surface area contributed by atoms with E-state index in [0.717, 1.165) is 21.3 Å². The van der Waals surface area contributed by atoms with Gasteiger partial charge in [0.05, 0.1) is 0 Å². The van der Waals surface area contributed by atoms with Gasteiger partial charge in [0, 0.05) is 10.2 Å². The summed E-state index contributed by atoms with van der Waals surface area (Å²) >= 11 is 3.43. The fraction of sp³-hybridized carbons (Fsp3) is 0.235. The number of hydrogen-bond donors (Lipinski definition) is 2. The lowest BCUT2D eigenvalue weighted by Gasteiger charge is -2.30. The van der Waals surface area contributed by atoms with Crippen LogP contribution in [-0.4, -0.2) is 5.91 Å². The predicted octanol–water partition coefficient (Wildman–Crippen LogP) is 3.88. The van der Waals surface area contributed by atoms with Gasteiger partial charge < -0.3 is 11.1 Å². The number of benzene rings is 2. The van der Waals surface area contributed by atoms with Crippen LogP contribution in [0.4, 0.5) is 5.69 Å². The minimum Gasteiger partial charge on any atom is -0.368 e. The van der Waals surface area contributed by atoms with Crippen molar-refractivity contribution in [1.82, 2.24) is 0 Å². The Kier molecular flexibility index (Phi) is 4.37. The lowest BCUT2D eigenvalue weighted by atomic mass is 9.88. The molecule has 0 saturated carbocycles. The first-order valence-corrected chi connectivity index (χ1v) is 7.53. The minimum absolute atomic E-state index is 0.411. The van der Waals surface area contributed by atoms with Crippen LogP contribution in [0.1, 0.15) is 23.6 Å². The smallest absolute Gasteiger partial charge is 0.247 e. The second kappa shape index (κ2) is 5.90. The van der Waals surface area contributed by atoms with Gasteiger partial charge in [-0.15, -0.1) is 0 Å². The van der Waals surface area contributed by atoms with Crippen LogP contribution < -0.4 is 11.1 Å². The van der Waals surface area contributed by atoms with Crippen LogP contribution in [0.15, 0.2) is 46.9 Å². The molecule has 21 heavy (non-hydrogen) atoms. The van der Waals surface area contributed by atoms with E-state index in [9.17, 15) is 4.79 Å². The number of nitrogens with one attached hydrogen (secondary N) is 1. The SMILES string of the molecule is Cc1ccc(C(C)(Nc2cccc(Br)c2)C(N)=O)cc1C. The summed E-state index contributed by atoms with van der Waals surface area (Å²) in [5, 5.41) is 3.25. The van der Waals surface area contributed by atoms with Gasteiger partial charge in [0.25, 0.3) is 0 Å². The van der Waals surface area contributed by atoms with E-state index in [-0.39, 0.29) is 0 Å². The fourth-order valence-electron chi connectivity index (χ4n) is 2.18. The number of nitrogens with two attached hydrogens (primary N) is 1. The summed E-state index contributed by atoms with van der Waals surface area (Å²) in [7, 11) is 0. The Morgan fingerprint density at radius 1 is 1.14 bits per heavy atom. The zero-order valence-corrected chi connectivity index (χ0v) is 14.0. The molecule has 1 amide bonds. The number of rotatable bonds is 4. The molecule has 1 unspecified atom stereocenters. The van der Waals surface area contributed by atoms with Gasteiger partial charge in [-0.2, -0.15) is 0 Å². The quantitative estimate of drug-likeness (QED) is 0.882. The summed E-state index contributed by atoms with van der Waals surface area (Å²) in [4.78, 5) is 12.1. The molecule has 0 bridgehead atoms. The molecule has 4 heteroatoms. The summed E-state index contributed by atoms with van der Waals surface area (Å²) in [6.45, 7) is 5.88. The van der Waals surface area contributed by atoms with E-state index >= 15 is 0 Å². The van der Waals surface area contributed by atoms with Crippen molar-refractivity contribution in [3.8, 4) is 0 Å². The van der Waals surface area contributed by atoms with Crippen LogP contribution >= 0.6 is 15.9 Å². The van der Waals surface area contributed by atoms with Gasteiger partial charge in [0.2, 0.25) is 5.91 Å². The van der Waals surface area contributed by atoms with E-state index in [1.165, 1.54) is 5.56 Å². The van der Waals surface area contributed by atoms with Crippen LogP contribution in [-0.2, 0) is 10.3 Å². The van der Waals surface area contributed by atoms with E-state index in [1.807, 2.05) is 56.3 Å². The Labute approximate surface area is 133 Å². The van der Waals surface area contributed by atoms with Gasteiger partial charge >= 0.3 is 0 Å². The maximum absolute atomic E-state index is 12.1. The molecule has 2 aromatic carbocycles. The average Bonchev–Trinajstić information content (AvgIpc) is 2.41. The number of aryl methyl sites for hydroxylation is 2. The molecule has 3 nitrogen and oxygen atoms in total. The number of carbonyl (C=O) groups is 1. The van der Waals surface area contributed by atoms with Crippen molar-refractivity contribution >= 4 is 27.5 Å². The number of carbonyl (C=O) groups excluding carboxylic acids is 1. The Bertz CT molecular complexity index is 684. The first-order valence-electron chi connectivity index (χ1n) is 6.74. The van der Waals surface area contributed by atoms with E-state index < -0.39 is 11.4 Å². The number of amides is 1. The Morgan fingerprint density at radius 2 is 1.86 bits per heavy atom. The molecule has 0 saturated heterocycles. The molecule has 0 aliphatic heterocycles. The first-order chi connectivity index (χ1) is 9.83. The number of hydrogen-bond acceptors (Lipinski definition) is 2. The summed E-state index contributed by atoms with van der Waals surface area (Å²) < 4.78 is 0.944. The third-order valence-corrected chi connectivity index (χ3v) is 4.29. The molecule has 110 valence electrons. The molecule has 0 aliphatic rings. The fourth-order valence-corrected chi connectivity index (χ4v) is 2.58. The van der Waals surface area contributed by atoms with Crippen LogP contribution in [0.3, 0.4) is 0 Å². The molecule has 0 aliphatic carbocycles. The average molecular weight is 347 g/mol. The molecular formula is C17H19BrN2O. The standard InChI is InChI=1S/C17H19BrN2O/c1-11-7-8-13(9-12(11)2)17(3,16(19)21)20-15-6-4-5-14(18)10-15/h4-10,20H,1-3H3,(H2,19,21). The van der Waals surface area contributed by atoms with Crippen LogP contribution in [0.2, 0.25) is 0 Å². The highest BCUT2D eigenvalue weighted by Crippen LogP contribution is 2.28. The van der Waals surface area contributed by atoms with Gasteiger partial charge in [-0.3, -0.25) is 4.79 Å². The molecule has 0 spiro atoms. The summed E-state index contributed by atoms with van der Waals surface area (Å²) in [5.41, 5.74) is 8.72. The topological polar surface area (TPSA) is 55.1 Å². The van der Waals surface area contributed by atoms with Crippen LogP contribution in [0.5, 0.6) is 0 Å². The van der Waals surface area contributed by atoms with Gasteiger partial charge in [0.1, 0.15) is 5.54 Å². The molecule has 0 fully saturated rings. The first kappa shape index (κ1) is 15.6. The van der Waals surface area contributed by atoms with Crippen molar-refractivity contribution < 1.29 is 4.79 Å². The second-order valence-electron chi connectivity index (χ2n) is 5.42. The lowest BCUT2D eigenvalue weighted by molar-refractivity contribution is -0.122. The van der Waals surface area contributed by atoms with Gasteiger partial charge in [-0.25, -0.2) is 0 Å². The normalized spacial score (nSPS) is 13.5. The summed E-state index contributed by atoms with van der Waals surface area (Å²) in [6, 6.07) is 13.6. The van der Waals surface area contributed by atoms with Crippen LogP contribution in [0, 0.1) is 13.8 Å². The number of anilines is 1. The van der Waals surface area contributed by atoms with E-state index in [0.29, 0.717) is 0 Å². The summed E-state index contributed by atoms with van der Waals surface area (Å²) in [5.74, 6) is -0.411. The lowest BCUT2D eigenvalue weighted by Crippen LogP contribution is -2.45. The highest BCUT2D eigenvalue weighted by atomic mass is 79.9. The van der Waals surface area contributed by atoms with E-state index in [4.69, 9.17) is 5.73 Å². The third kappa shape index (κ3) is 3.27. The summed E-state index contributed by atoms with van der Waals surface area (Å²) in [6.07, 6.45) is 0. The van der Waals surface area contributed by atoms with Gasteiger partial charge in [0.15, 0.2) is 0 Å². The van der Waals surface area contributed by atoms with Crippen molar-refractivity contribution in [2.75, 3.05) is 5.32 Å². The van der Waals surface area contributed by atoms with Crippen molar-refractivity contribution in [1.29, 1.82) is 0 Å². The second-order valence-corrected chi connectivity index (χ2v) is 6.34. The van der Waals surface area contributed by atoms with Crippen molar-refractivity contribution in [2.45, 2.75) is 26.3 Å². The molecule has 3 N–H and O–H groups in total. The maximum atomic E-state index is 12.1. The van der Waals surface area contributed by atoms with E-state index in [1.54, 1.807) is 6.92 Å². The molecule has 2 rings (SSSR count). The third-order valence-electron chi connectivity index (χ3n) is 3.80. The van der Waals surface area contributed by atoms with Crippen molar-refractivity contribution in [3.63, 3.8) is 0 Å². The molecular weight excluding hydrogens is 328 g/mol. The molecule has 0 radical (unpaired) electrons. The highest BCUT2D eigenvalue weighted by Gasteiger charge is 2.33. The van der Waals surface area contributed by atoms with Gasteiger partial charge in [-0.05, 0) is 55.7 Å². The largest absolute Gasteiger partial charge is 0.368 e.